The van der Waals surface area contributed by atoms with E-state index >= 15 is 4.39 Å². The molecule has 1 atom stereocenters. The summed E-state index contributed by atoms with van der Waals surface area (Å²) in [6.45, 7) is 8.56. The first-order valence-electron chi connectivity index (χ1n) is 15.0. The van der Waals surface area contributed by atoms with Gasteiger partial charge in [0.2, 0.25) is 5.91 Å². The van der Waals surface area contributed by atoms with Crippen LogP contribution >= 0.6 is 11.3 Å². The topological polar surface area (TPSA) is 90.5 Å². The molecule has 10 nitrogen and oxygen atoms in total. The summed E-state index contributed by atoms with van der Waals surface area (Å²) >= 11 is 1.43. The second-order valence-corrected chi connectivity index (χ2v) is 12.7. The van der Waals surface area contributed by atoms with Crippen molar-refractivity contribution in [1.82, 2.24) is 34.3 Å². The van der Waals surface area contributed by atoms with E-state index in [0.717, 1.165) is 40.5 Å². The van der Waals surface area contributed by atoms with Crippen LogP contribution in [-0.4, -0.2) is 86.8 Å². The average molecular weight is 646 g/mol. The van der Waals surface area contributed by atoms with Crippen molar-refractivity contribution in [3.63, 3.8) is 0 Å². The second kappa shape index (κ2) is 12.0. The molecule has 238 valence electrons. The highest BCUT2D eigenvalue weighted by Gasteiger charge is 2.31. The zero-order valence-corrected chi connectivity index (χ0v) is 26.6. The van der Waals surface area contributed by atoms with Crippen LogP contribution in [0.5, 0.6) is 5.75 Å². The quantitative estimate of drug-likeness (QED) is 0.157. The van der Waals surface area contributed by atoms with Crippen LogP contribution in [0.1, 0.15) is 18.7 Å². The molecule has 0 unspecified atom stereocenters. The SMILES string of the molecule is C=CC(=O)N1Cc2cc(-c3nc(-c4cnn(C5CN(C)C5)c4)c4ccsc4c3-c3c(F)cc(F)cc3OCCOC)nn2C[C@H]1C. The number of halogens is 2. The molecule has 0 aliphatic carbocycles. The number of amides is 1. The van der Waals surface area contributed by atoms with Crippen LogP contribution in [-0.2, 0) is 22.6 Å². The van der Waals surface area contributed by atoms with Crippen molar-refractivity contribution < 1.29 is 23.0 Å². The van der Waals surface area contributed by atoms with Crippen molar-refractivity contribution in [2.24, 2.45) is 0 Å². The molecule has 5 aromatic rings. The summed E-state index contributed by atoms with van der Waals surface area (Å²) in [7, 11) is 3.60. The van der Waals surface area contributed by atoms with E-state index in [9.17, 15) is 9.18 Å². The third-order valence-corrected chi connectivity index (χ3v) is 9.51. The maximum atomic E-state index is 16.0. The molecule has 0 bridgehead atoms. The lowest BCUT2D eigenvalue weighted by Crippen LogP contribution is -2.45. The predicted molar refractivity (Wildman–Crippen MR) is 172 cm³/mol. The van der Waals surface area contributed by atoms with Crippen molar-refractivity contribution in [1.29, 1.82) is 0 Å². The number of ether oxygens (including phenoxy) is 2. The fraction of sp³-hybridized carbons (Fsp3) is 0.333. The normalized spacial score (nSPS) is 16.9. The molecule has 0 N–H and O–H groups in total. The summed E-state index contributed by atoms with van der Waals surface area (Å²) in [5, 5.41) is 12.3. The fourth-order valence-electron chi connectivity index (χ4n) is 6.25. The Hall–Kier alpha value is -4.46. The zero-order chi connectivity index (χ0) is 32.1. The molecule has 0 radical (unpaired) electrons. The third kappa shape index (κ3) is 5.27. The van der Waals surface area contributed by atoms with E-state index in [2.05, 4.69) is 23.6 Å². The summed E-state index contributed by atoms with van der Waals surface area (Å²) in [6, 6.07) is 6.04. The van der Waals surface area contributed by atoms with Gasteiger partial charge in [-0.25, -0.2) is 13.8 Å². The van der Waals surface area contributed by atoms with Crippen LogP contribution in [0.25, 0.3) is 43.9 Å². The summed E-state index contributed by atoms with van der Waals surface area (Å²) in [5.74, 6) is -1.65. The van der Waals surface area contributed by atoms with E-state index in [0.29, 0.717) is 35.7 Å². The number of rotatable bonds is 9. The molecule has 2 aliphatic rings. The molecule has 6 heterocycles. The van der Waals surface area contributed by atoms with E-state index in [1.807, 2.05) is 40.0 Å². The summed E-state index contributed by atoms with van der Waals surface area (Å²) < 4.78 is 46.2. The molecule has 4 aromatic heterocycles. The summed E-state index contributed by atoms with van der Waals surface area (Å²) in [6.07, 6.45) is 5.11. The summed E-state index contributed by atoms with van der Waals surface area (Å²) in [4.78, 5) is 21.7. The smallest absolute Gasteiger partial charge is 0.246 e. The molecule has 0 spiro atoms. The molecule has 1 amide bonds. The van der Waals surface area contributed by atoms with Crippen LogP contribution in [0.15, 0.2) is 54.7 Å². The third-order valence-electron chi connectivity index (χ3n) is 8.58. The Kier molecular flexibility index (Phi) is 7.91. The standard InChI is InChI=1S/C33H33F2N7O3S/c1-5-28(43)40-18-22-12-26(38-42(22)14-19(40)2)32-30(29-25(35)10-21(34)11-27(29)45-8-7-44-4)33-24(6-9-46-33)31(37-32)20-13-36-41(15-20)23-16-39(3)17-23/h5-6,9-13,15,19,23H,1,7-8,14,16-18H2,2-4H3/t19-/m1/s1. The number of nitrogens with zero attached hydrogens (tertiary/aromatic N) is 7. The monoisotopic (exact) mass is 645 g/mol. The molecule has 7 rings (SSSR count). The van der Waals surface area contributed by atoms with Gasteiger partial charge in [-0.05, 0) is 37.6 Å². The van der Waals surface area contributed by atoms with Gasteiger partial charge in [-0.2, -0.15) is 10.2 Å². The number of pyridine rings is 1. The Bertz CT molecular complexity index is 1960. The lowest BCUT2D eigenvalue weighted by Gasteiger charge is -2.36. The highest BCUT2D eigenvalue weighted by molar-refractivity contribution is 7.18. The minimum atomic E-state index is -0.778. The molecule has 13 heteroatoms. The first-order valence-corrected chi connectivity index (χ1v) is 15.9. The number of thiophene rings is 1. The number of carbonyl (C=O) groups is 1. The molecular formula is C33H33F2N7O3S. The number of hydrogen-bond donors (Lipinski definition) is 0. The minimum absolute atomic E-state index is 0.0438. The van der Waals surface area contributed by atoms with E-state index in [1.165, 1.54) is 30.6 Å². The highest BCUT2D eigenvalue weighted by Crippen LogP contribution is 2.47. The number of likely N-dealkylation sites (tertiary alicyclic amines) is 1. The first-order chi connectivity index (χ1) is 22.2. The number of hydrogen-bond acceptors (Lipinski definition) is 8. The molecule has 0 saturated carbocycles. The van der Waals surface area contributed by atoms with Crippen molar-refractivity contribution in [3.8, 4) is 39.5 Å². The van der Waals surface area contributed by atoms with Crippen molar-refractivity contribution in [2.75, 3.05) is 40.5 Å². The van der Waals surface area contributed by atoms with Gasteiger partial charge in [-0.3, -0.25) is 14.2 Å². The maximum absolute atomic E-state index is 16.0. The van der Waals surface area contributed by atoms with E-state index in [-0.39, 0.29) is 42.5 Å². The number of benzene rings is 1. The highest BCUT2D eigenvalue weighted by atomic mass is 32.1. The number of likely N-dealkylation sites (N-methyl/N-ethyl adjacent to an activating group) is 1. The largest absolute Gasteiger partial charge is 0.490 e. The summed E-state index contributed by atoms with van der Waals surface area (Å²) in [5.41, 5.74) is 3.77. The van der Waals surface area contributed by atoms with Gasteiger partial charge in [-0.1, -0.05) is 6.58 Å². The molecule has 46 heavy (non-hydrogen) atoms. The van der Waals surface area contributed by atoms with Crippen LogP contribution in [0.3, 0.4) is 0 Å². The van der Waals surface area contributed by atoms with Gasteiger partial charge in [0.05, 0.1) is 48.9 Å². The lowest BCUT2D eigenvalue weighted by molar-refractivity contribution is -0.129. The molecule has 2 aliphatic heterocycles. The van der Waals surface area contributed by atoms with Crippen molar-refractivity contribution >= 4 is 27.3 Å². The van der Waals surface area contributed by atoms with Gasteiger partial charge in [0, 0.05) is 65.8 Å². The molecule has 1 saturated heterocycles. The van der Waals surface area contributed by atoms with Gasteiger partial charge in [-0.15, -0.1) is 11.3 Å². The number of fused-ring (bicyclic) bond motifs is 2. The van der Waals surface area contributed by atoms with Gasteiger partial charge < -0.3 is 19.3 Å². The zero-order valence-electron chi connectivity index (χ0n) is 25.7. The van der Waals surface area contributed by atoms with E-state index in [1.54, 1.807) is 11.1 Å². The van der Waals surface area contributed by atoms with Crippen molar-refractivity contribution in [3.05, 3.63) is 72.0 Å². The lowest BCUT2D eigenvalue weighted by atomic mass is 9.97. The average Bonchev–Trinajstić information content (AvgIpc) is 3.78. The minimum Gasteiger partial charge on any atom is -0.490 e. The van der Waals surface area contributed by atoms with E-state index < -0.39 is 11.6 Å². The molecular weight excluding hydrogens is 612 g/mol. The molecule has 1 aromatic carbocycles. The van der Waals surface area contributed by atoms with Crippen LogP contribution < -0.4 is 4.74 Å². The molecule has 1 fully saturated rings. The van der Waals surface area contributed by atoms with Gasteiger partial charge in [0.25, 0.3) is 0 Å². The Morgan fingerprint density at radius 1 is 1.15 bits per heavy atom. The van der Waals surface area contributed by atoms with Gasteiger partial charge in [0.1, 0.15) is 35.4 Å². The number of aromatic nitrogens is 5. The fourth-order valence-corrected chi connectivity index (χ4v) is 7.19. The predicted octanol–water partition coefficient (Wildman–Crippen LogP) is 5.40. The van der Waals surface area contributed by atoms with E-state index in [4.69, 9.17) is 19.6 Å². The second-order valence-electron chi connectivity index (χ2n) is 11.8. The van der Waals surface area contributed by atoms with Gasteiger partial charge in [0.15, 0.2) is 0 Å². The van der Waals surface area contributed by atoms with Gasteiger partial charge >= 0.3 is 0 Å². The van der Waals surface area contributed by atoms with Crippen LogP contribution in [0.4, 0.5) is 8.78 Å². The number of methoxy groups -OCH3 is 1. The Morgan fingerprint density at radius 3 is 2.74 bits per heavy atom. The Labute approximate surface area is 268 Å². The van der Waals surface area contributed by atoms with Crippen molar-refractivity contribution in [2.45, 2.75) is 32.1 Å². The van der Waals surface area contributed by atoms with Crippen LogP contribution in [0, 0.1) is 11.6 Å². The Balaban J connectivity index is 1.44. The first kappa shape index (κ1) is 30.2. The van der Waals surface area contributed by atoms with Crippen LogP contribution in [0.2, 0.25) is 0 Å². The maximum Gasteiger partial charge on any atom is 0.246 e. The number of carbonyl (C=O) groups excluding carboxylic acids is 1. The Morgan fingerprint density at radius 2 is 1.98 bits per heavy atom.